The van der Waals surface area contributed by atoms with Crippen molar-refractivity contribution >= 4 is 21.8 Å². The normalized spacial score (nSPS) is 10.9. The molecule has 5 aromatic rings. The molecule has 28 heavy (non-hydrogen) atoms. The molecule has 0 aliphatic rings. The van der Waals surface area contributed by atoms with Crippen LogP contribution in [0.3, 0.4) is 0 Å². The molecule has 0 spiro atoms. The van der Waals surface area contributed by atoms with Gasteiger partial charge in [0.25, 0.3) is 0 Å². The fourth-order valence-corrected chi connectivity index (χ4v) is 3.87. The van der Waals surface area contributed by atoms with Crippen molar-refractivity contribution < 1.29 is 24.7 Å². The van der Waals surface area contributed by atoms with Gasteiger partial charge in [-0.15, -0.1) is 17.7 Å². The van der Waals surface area contributed by atoms with Crippen LogP contribution in [0, 0.1) is 14.0 Å². The van der Waals surface area contributed by atoms with E-state index in [9.17, 15) is 0 Å². The van der Waals surface area contributed by atoms with Crippen LogP contribution in [0.2, 0.25) is 0 Å². The summed E-state index contributed by atoms with van der Waals surface area (Å²) in [6.45, 7) is 4.34. The minimum absolute atomic E-state index is 0. The Kier molecular flexibility index (Phi) is 4.72. The fourth-order valence-electron chi connectivity index (χ4n) is 3.87. The van der Waals surface area contributed by atoms with Gasteiger partial charge >= 0.3 is 0 Å². The van der Waals surface area contributed by atoms with Gasteiger partial charge in [0.2, 0.25) is 0 Å². The van der Waals surface area contributed by atoms with Crippen LogP contribution in [0.4, 0.5) is 0 Å². The Morgan fingerprint density at radius 3 is 2.21 bits per heavy atom. The van der Waals surface area contributed by atoms with Gasteiger partial charge in [-0.1, -0.05) is 54.6 Å². The molecule has 5 rings (SSSR count). The molecule has 1 radical (unpaired) electrons. The second kappa shape index (κ2) is 7.20. The largest absolute Gasteiger partial charge is 0.343 e. The number of benzene rings is 3. The van der Waals surface area contributed by atoms with Crippen LogP contribution in [-0.2, 0) is 20.1 Å². The van der Waals surface area contributed by atoms with Crippen molar-refractivity contribution in [2.24, 2.45) is 0 Å². The van der Waals surface area contributed by atoms with E-state index >= 15 is 0 Å². The van der Waals surface area contributed by atoms with Crippen molar-refractivity contribution in [3.05, 3.63) is 111 Å². The van der Waals surface area contributed by atoms with Crippen molar-refractivity contribution in [3.8, 4) is 16.9 Å². The van der Waals surface area contributed by atoms with Gasteiger partial charge in [-0.05, 0) is 29.1 Å². The molecule has 0 amide bonds. The maximum absolute atomic E-state index is 4.34. The molecule has 2 heterocycles. The Morgan fingerprint density at radius 1 is 0.714 bits per heavy atom. The summed E-state index contributed by atoms with van der Waals surface area (Å²) in [5, 5.41) is 2.46. The standard InChI is InChI=1S/C25H19N2.Ir/c1-18-16-25-22(17-21(18)23-13-8-9-15-26(23)2)20-12-6-7-14-24(20)27(25)19-10-4-3-5-11-19;/h3-17H,1-2H2;/q-1;. The van der Waals surface area contributed by atoms with E-state index in [2.05, 4.69) is 85.3 Å². The first-order valence-corrected chi connectivity index (χ1v) is 9.00. The zero-order valence-corrected chi connectivity index (χ0v) is 17.7. The van der Waals surface area contributed by atoms with E-state index in [1.54, 1.807) is 0 Å². The van der Waals surface area contributed by atoms with Crippen LogP contribution < -0.4 is 4.57 Å². The van der Waals surface area contributed by atoms with E-state index in [0.717, 1.165) is 22.5 Å². The second-order valence-electron chi connectivity index (χ2n) is 6.77. The van der Waals surface area contributed by atoms with Crippen LogP contribution in [0.1, 0.15) is 5.56 Å². The van der Waals surface area contributed by atoms with Crippen molar-refractivity contribution in [2.75, 3.05) is 0 Å². The molecule has 0 saturated carbocycles. The van der Waals surface area contributed by atoms with E-state index in [1.807, 2.05) is 29.0 Å². The predicted molar refractivity (Wildman–Crippen MR) is 112 cm³/mol. The minimum Gasteiger partial charge on any atom is -0.343 e. The molecule has 3 aromatic carbocycles. The summed E-state index contributed by atoms with van der Waals surface area (Å²) in [4.78, 5) is 0. The molecule has 3 heteroatoms. The van der Waals surface area contributed by atoms with Crippen LogP contribution >= 0.6 is 0 Å². The van der Waals surface area contributed by atoms with Gasteiger partial charge in [0.1, 0.15) is 0 Å². The number of nitrogens with zero attached hydrogens (tertiary/aromatic N) is 2. The van der Waals surface area contributed by atoms with Gasteiger partial charge in [-0.25, -0.2) is 0 Å². The summed E-state index contributed by atoms with van der Waals surface area (Å²) in [6, 6.07) is 29.6. The van der Waals surface area contributed by atoms with Crippen LogP contribution in [0.25, 0.3) is 38.8 Å². The van der Waals surface area contributed by atoms with E-state index in [1.165, 1.54) is 21.8 Å². The molecule has 2 nitrogen and oxygen atoms in total. The van der Waals surface area contributed by atoms with Crippen LogP contribution in [-0.4, -0.2) is 4.57 Å². The summed E-state index contributed by atoms with van der Waals surface area (Å²) in [5.41, 5.74) is 6.68. The molecule has 0 unspecified atom stereocenters. The third kappa shape index (κ3) is 2.80. The molecule has 0 saturated heterocycles. The van der Waals surface area contributed by atoms with Gasteiger partial charge in [-0.2, -0.15) is 12.5 Å². The van der Waals surface area contributed by atoms with E-state index < -0.39 is 0 Å². The number of para-hydroxylation sites is 2. The van der Waals surface area contributed by atoms with Crippen LogP contribution in [0.15, 0.2) is 91.1 Å². The average molecular weight is 540 g/mol. The zero-order valence-electron chi connectivity index (χ0n) is 15.3. The minimum atomic E-state index is 0. The molecule has 0 aliphatic heterocycles. The van der Waals surface area contributed by atoms with Crippen LogP contribution in [0.5, 0.6) is 0 Å². The van der Waals surface area contributed by atoms with E-state index in [0.29, 0.717) is 0 Å². The Labute approximate surface area is 178 Å². The average Bonchev–Trinajstić information content (AvgIpc) is 3.02. The predicted octanol–water partition coefficient (Wildman–Crippen LogP) is 5.56. The first-order valence-electron chi connectivity index (χ1n) is 9.00. The number of aromatic nitrogens is 2. The summed E-state index contributed by atoms with van der Waals surface area (Å²) in [5.74, 6) is 0. The summed E-state index contributed by atoms with van der Waals surface area (Å²) in [7, 11) is 4.12. The number of rotatable bonds is 2. The third-order valence-electron chi connectivity index (χ3n) is 5.13. The van der Waals surface area contributed by atoms with Crippen molar-refractivity contribution in [1.82, 2.24) is 4.57 Å². The first kappa shape index (κ1) is 18.4. The summed E-state index contributed by atoms with van der Waals surface area (Å²) in [6.07, 6.45) is 1.96. The maximum atomic E-state index is 4.34. The molecule has 2 aromatic heterocycles. The smallest absolute Gasteiger partial charge is 0.0686 e. The zero-order chi connectivity index (χ0) is 18.4. The van der Waals surface area contributed by atoms with Crippen molar-refractivity contribution in [1.29, 1.82) is 0 Å². The number of pyridine rings is 1. The monoisotopic (exact) mass is 540 g/mol. The number of fused-ring (bicyclic) bond motifs is 3. The van der Waals surface area contributed by atoms with E-state index in [4.69, 9.17) is 0 Å². The molecule has 0 N–H and O–H groups in total. The Balaban J connectivity index is 0.00000192. The Hall–Kier alpha value is -3.00. The molecule has 0 bridgehead atoms. The van der Waals surface area contributed by atoms with Gasteiger partial charge in [0.05, 0.1) is 17.4 Å². The van der Waals surface area contributed by atoms with Crippen molar-refractivity contribution in [2.45, 2.75) is 0 Å². The summed E-state index contributed by atoms with van der Waals surface area (Å²) >= 11 is 0. The molecular weight excluding hydrogens is 521 g/mol. The number of hydrogen-bond donors (Lipinski definition) is 0. The third-order valence-corrected chi connectivity index (χ3v) is 5.13. The summed E-state index contributed by atoms with van der Waals surface area (Å²) < 4.78 is 4.21. The topological polar surface area (TPSA) is 8.81 Å². The number of hydrogen-bond acceptors (Lipinski definition) is 0. The van der Waals surface area contributed by atoms with Gasteiger partial charge in [-0.3, -0.25) is 0 Å². The van der Waals surface area contributed by atoms with Crippen molar-refractivity contribution in [3.63, 3.8) is 0 Å². The Bertz CT molecular complexity index is 1290. The van der Waals surface area contributed by atoms with Gasteiger partial charge in [0, 0.05) is 38.2 Å². The molecule has 0 atom stereocenters. The van der Waals surface area contributed by atoms with E-state index in [-0.39, 0.29) is 20.1 Å². The Morgan fingerprint density at radius 2 is 1.43 bits per heavy atom. The maximum Gasteiger partial charge on any atom is 0.0686 e. The first-order chi connectivity index (χ1) is 13.2. The molecule has 0 fully saturated rings. The SMILES string of the molecule is [CH2-]c1cc2c(cc1-c1cccc[n+]1[CH2-])c1ccccc1n2-c1ccccc1.[Ir]. The fraction of sp³-hybridized carbons (Fsp3) is 0. The van der Waals surface area contributed by atoms with Gasteiger partial charge in [0.15, 0.2) is 0 Å². The van der Waals surface area contributed by atoms with Gasteiger partial charge < -0.3 is 9.13 Å². The quantitative estimate of drug-likeness (QED) is 0.205. The second-order valence-corrected chi connectivity index (χ2v) is 6.77. The molecular formula is C25H19IrN2-. The molecule has 0 aliphatic carbocycles. The molecule has 139 valence electrons.